The summed E-state index contributed by atoms with van der Waals surface area (Å²) in [6.07, 6.45) is 3.76. The number of benzene rings is 1. The summed E-state index contributed by atoms with van der Waals surface area (Å²) in [6.45, 7) is 5.32. The lowest BCUT2D eigenvalue weighted by molar-refractivity contribution is 0.0560. The molecule has 2 rings (SSSR count). The molecule has 1 saturated heterocycles. The predicted molar refractivity (Wildman–Crippen MR) is 79.4 cm³/mol. The van der Waals surface area contributed by atoms with Crippen LogP contribution in [0.5, 0.6) is 5.75 Å². The molecule has 0 aromatic heterocycles. The third-order valence-corrected chi connectivity index (χ3v) is 4.40. The van der Waals surface area contributed by atoms with Crippen molar-refractivity contribution in [3.05, 3.63) is 29.8 Å². The van der Waals surface area contributed by atoms with Crippen LogP contribution in [-0.2, 0) is 0 Å². The molecule has 0 bridgehead atoms. The second-order valence-corrected chi connectivity index (χ2v) is 5.53. The largest absolute Gasteiger partial charge is 0.496 e. The van der Waals surface area contributed by atoms with Crippen LogP contribution >= 0.6 is 0 Å². The van der Waals surface area contributed by atoms with Gasteiger partial charge in [0.15, 0.2) is 0 Å². The van der Waals surface area contributed by atoms with E-state index in [1.807, 2.05) is 12.1 Å². The lowest BCUT2D eigenvalue weighted by Crippen LogP contribution is -2.49. The zero-order chi connectivity index (χ0) is 13.8. The van der Waals surface area contributed by atoms with Crippen molar-refractivity contribution < 1.29 is 4.74 Å². The second kappa shape index (κ2) is 6.40. The molecule has 106 valence electrons. The van der Waals surface area contributed by atoms with Crippen LogP contribution in [0.3, 0.4) is 0 Å². The van der Waals surface area contributed by atoms with E-state index in [9.17, 15) is 0 Å². The summed E-state index contributed by atoms with van der Waals surface area (Å²) < 4.78 is 5.50. The van der Waals surface area contributed by atoms with E-state index in [0.29, 0.717) is 18.1 Å². The highest BCUT2D eigenvalue weighted by atomic mass is 16.5. The van der Waals surface area contributed by atoms with Gasteiger partial charge in [-0.05, 0) is 32.8 Å². The Balaban J connectivity index is 2.27. The molecule has 1 aliphatic rings. The van der Waals surface area contributed by atoms with Gasteiger partial charge in [-0.15, -0.1) is 0 Å². The highest BCUT2D eigenvalue weighted by molar-refractivity contribution is 5.35. The van der Waals surface area contributed by atoms with Crippen molar-refractivity contribution in [2.24, 2.45) is 5.73 Å². The number of para-hydroxylation sites is 1. The van der Waals surface area contributed by atoms with E-state index in [1.54, 1.807) is 7.11 Å². The van der Waals surface area contributed by atoms with Gasteiger partial charge in [0.1, 0.15) is 5.75 Å². The third kappa shape index (κ3) is 2.93. The van der Waals surface area contributed by atoms with Crippen molar-refractivity contribution in [2.45, 2.75) is 51.2 Å². The zero-order valence-electron chi connectivity index (χ0n) is 12.3. The Labute approximate surface area is 116 Å². The summed E-state index contributed by atoms with van der Waals surface area (Å²) in [7, 11) is 1.74. The van der Waals surface area contributed by atoms with Gasteiger partial charge in [-0.1, -0.05) is 24.6 Å². The lowest BCUT2D eigenvalue weighted by Gasteiger charge is -2.44. The fraction of sp³-hybridized carbons (Fsp3) is 0.625. The zero-order valence-corrected chi connectivity index (χ0v) is 12.3. The van der Waals surface area contributed by atoms with Crippen LogP contribution in [0.4, 0.5) is 0 Å². The summed E-state index contributed by atoms with van der Waals surface area (Å²) in [5, 5.41) is 0. The Hall–Kier alpha value is -1.06. The molecule has 3 unspecified atom stereocenters. The maximum atomic E-state index is 5.97. The standard InChI is InChI=1S/C16H26N2O/c1-12-7-6-8-14(11-17)18(12)13(2)15-9-4-5-10-16(15)19-3/h4-5,9-10,12-14H,6-8,11,17H2,1-3H3. The molecule has 0 amide bonds. The number of rotatable bonds is 4. The normalized spacial score (nSPS) is 26.1. The second-order valence-electron chi connectivity index (χ2n) is 5.53. The summed E-state index contributed by atoms with van der Waals surface area (Å²) in [5.41, 5.74) is 7.23. The first kappa shape index (κ1) is 14.4. The molecule has 3 nitrogen and oxygen atoms in total. The third-order valence-electron chi connectivity index (χ3n) is 4.40. The highest BCUT2D eigenvalue weighted by Gasteiger charge is 2.32. The van der Waals surface area contributed by atoms with Gasteiger partial charge in [0.05, 0.1) is 7.11 Å². The summed E-state index contributed by atoms with van der Waals surface area (Å²) in [4.78, 5) is 2.57. The van der Waals surface area contributed by atoms with Crippen LogP contribution in [-0.4, -0.2) is 30.6 Å². The van der Waals surface area contributed by atoms with Gasteiger partial charge in [0.25, 0.3) is 0 Å². The predicted octanol–water partition coefficient (Wildman–Crippen LogP) is 2.96. The van der Waals surface area contributed by atoms with Crippen LogP contribution in [0.15, 0.2) is 24.3 Å². The molecule has 19 heavy (non-hydrogen) atoms. The average Bonchev–Trinajstić information content (AvgIpc) is 2.46. The minimum Gasteiger partial charge on any atom is -0.496 e. The molecule has 3 atom stereocenters. The van der Waals surface area contributed by atoms with E-state index in [1.165, 1.54) is 24.8 Å². The van der Waals surface area contributed by atoms with Gasteiger partial charge in [0.2, 0.25) is 0 Å². The summed E-state index contributed by atoms with van der Waals surface area (Å²) >= 11 is 0. The Morgan fingerprint density at radius 3 is 2.79 bits per heavy atom. The van der Waals surface area contributed by atoms with Gasteiger partial charge in [0, 0.05) is 30.2 Å². The topological polar surface area (TPSA) is 38.5 Å². The molecule has 0 aliphatic carbocycles. The van der Waals surface area contributed by atoms with E-state index in [-0.39, 0.29) is 0 Å². The number of ether oxygens (including phenoxy) is 1. The number of methoxy groups -OCH3 is 1. The number of piperidine rings is 1. The number of nitrogens with zero attached hydrogens (tertiary/aromatic N) is 1. The van der Waals surface area contributed by atoms with Crippen LogP contribution in [0.1, 0.15) is 44.7 Å². The Kier molecular flexibility index (Phi) is 4.83. The van der Waals surface area contributed by atoms with Crippen LogP contribution in [0, 0.1) is 0 Å². The van der Waals surface area contributed by atoms with Gasteiger partial charge < -0.3 is 10.5 Å². The lowest BCUT2D eigenvalue weighted by atomic mass is 9.92. The van der Waals surface area contributed by atoms with Gasteiger partial charge in [-0.25, -0.2) is 0 Å². The number of hydrogen-bond acceptors (Lipinski definition) is 3. The fourth-order valence-corrected chi connectivity index (χ4v) is 3.42. The molecular formula is C16H26N2O. The van der Waals surface area contributed by atoms with Crippen LogP contribution in [0.25, 0.3) is 0 Å². The molecule has 2 N–H and O–H groups in total. The Bertz CT molecular complexity index is 407. The monoisotopic (exact) mass is 262 g/mol. The van der Waals surface area contributed by atoms with E-state index < -0.39 is 0 Å². The first-order valence-corrected chi connectivity index (χ1v) is 7.29. The molecule has 0 spiro atoms. The van der Waals surface area contributed by atoms with Crippen molar-refractivity contribution in [2.75, 3.05) is 13.7 Å². The maximum Gasteiger partial charge on any atom is 0.123 e. The van der Waals surface area contributed by atoms with E-state index >= 15 is 0 Å². The molecular weight excluding hydrogens is 236 g/mol. The van der Waals surface area contributed by atoms with Crippen molar-refractivity contribution >= 4 is 0 Å². The highest BCUT2D eigenvalue weighted by Crippen LogP contribution is 2.35. The first-order chi connectivity index (χ1) is 9.19. The van der Waals surface area contributed by atoms with E-state index in [0.717, 1.165) is 12.3 Å². The molecule has 3 heteroatoms. The minimum atomic E-state index is 0.347. The molecule has 0 saturated carbocycles. The quantitative estimate of drug-likeness (QED) is 0.906. The Morgan fingerprint density at radius 2 is 2.11 bits per heavy atom. The van der Waals surface area contributed by atoms with Crippen LogP contribution in [0.2, 0.25) is 0 Å². The van der Waals surface area contributed by atoms with Crippen LogP contribution < -0.4 is 10.5 Å². The van der Waals surface area contributed by atoms with E-state index in [4.69, 9.17) is 10.5 Å². The summed E-state index contributed by atoms with van der Waals surface area (Å²) in [5.74, 6) is 0.976. The van der Waals surface area contributed by atoms with E-state index in [2.05, 4.69) is 30.9 Å². The van der Waals surface area contributed by atoms with Gasteiger partial charge in [-0.2, -0.15) is 0 Å². The molecule has 1 aromatic rings. The molecule has 0 radical (unpaired) electrons. The Morgan fingerprint density at radius 1 is 1.37 bits per heavy atom. The molecule has 1 aliphatic heterocycles. The van der Waals surface area contributed by atoms with Gasteiger partial charge in [-0.3, -0.25) is 4.90 Å². The van der Waals surface area contributed by atoms with Gasteiger partial charge >= 0.3 is 0 Å². The van der Waals surface area contributed by atoms with Crippen molar-refractivity contribution in [3.8, 4) is 5.75 Å². The number of hydrogen-bond donors (Lipinski definition) is 1. The number of likely N-dealkylation sites (tertiary alicyclic amines) is 1. The van der Waals surface area contributed by atoms with Crippen molar-refractivity contribution in [3.63, 3.8) is 0 Å². The maximum absolute atomic E-state index is 5.97. The summed E-state index contributed by atoms with van der Waals surface area (Å²) in [6, 6.07) is 9.73. The SMILES string of the molecule is COc1ccccc1C(C)N1C(C)CCCC1CN. The van der Waals surface area contributed by atoms with Crippen molar-refractivity contribution in [1.82, 2.24) is 4.90 Å². The molecule has 1 aromatic carbocycles. The number of nitrogens with two attached hydrogens (primary N) is 1. The average molecular weight is 262 g/mol. The minimum absolute atomic E-state index is 0.347. The first-order valence-electron chi connectivity index (χ1n) is 7.29. The van der Waals surface area contributed by atoms with Crippen molar-refractivity contribution in [1.29, 1.82) is 0 Å². The molecule has 1 heterocycles. The molecule has 1 fully saturated rings. The fourth-order valence-electron chi connectivity index (χ4n) is 3.42. The smallest absolute Gasteiger partial charge is 0.123 e.